The second-order valence-corrected chi connectivity index (χ2v) is 4.79. The monoisotopic (exact) mass is 204 g/mol. The van der Waals surface area contributed by atoms with Crippen molar-refractivity contribution in [1.29, 1.82) is 0 Å². The average Bonchev–Trinajstić information content (AvgIpc) is 2.86. The molecule has 3 heteroatoms. The summed E-state index contributed by atoms with van der Waals surface area (Å²) in [5.41, 5.74) is 2.08. The van der Waals surface area contributed by atoms with Gasteiger partial charge in [0.2, 0.25) is 0 Å². The van der Waals surface area contributed by atoms with Gasteiger partial charge in [-0.1, -0.05) is 0 Å². The summed E-state index contributed by atoms with van der Waals surface area (Å²) < 4.78 is 0. The third-order valence-electron chi connectivity index (χ3n) is 3.68. The SMILES string of the molecule is Cc1cc(N2CC3CC3C2)ncc1CO. The lowest BCUT2D eigenvalue weighted by atomic mass is 10.1. The lowest BCUT2D eigenvalue weighted by Gasteiger charge is -2.19. The molecule has 1 N–H and O–H groups in total. The van der Waals surface area contributed by atoms with Gasteiger partial charge in [-0.2, -0.15) is 0 Å². The number of pyridine rings is 1. The molecular formula is C12H16N2O. The fraction of sp³-hybridized carbons (Fsp3) is 0.583. The number of aliphatic hydroxyl groups excluding tert-OH is 1. The van der Waals surface area contributed by atoms with E-state index in [1.165, 1.54) is 19.5 Å². The Morgan fingerprint density at radius 3 is 2.80 bits per heavy atom. The number of rotatable bonds is 2. The summed E-state index contributed by atoms with van der Waals surface area (Å²) in [7, 11) is 0. The van der Waals surface area contributed by atoms with Gasteiger partial charge in [0.05, 0.1) is 6.61 Å². The Morgan fingerprint density at radius 1 is 1.47 bits per heavy atom. The quantitative estimate of drug-likeness (QED) is 0.789. The first-order chi connectivity index (χ1) is 7.28. The van der Waals surface area contributed by atoms with Crippen LogP contribution in [0.25, 0.3) is 0 Å². The molecule has 3 rings (SSSR count). The van der Waals surface area contributed by atoms with Crippen molar-refractivity contribution in [3.63, 3.8) is 0 Å². The van der Waals surface area contributed by atoms with Crippen molar-refractivity contribution in [1.82, 2.24) is 4.98 Å². The maximum absolute atomic E-state index is 9.07. The second kappa shape index (κ2) is 3.20. The largest absolute Gasteiger partial charge is 0.392 e. The Morgan fingerprint density at radius 2 is 2.20 bits per heavy atom. The van der Waals surface area contributed by atoms with Crippen molar-refractivity contribution in [3.8, 4) is 0 Å². The third kappa shape index (κ3) is 1.51. The Labute approximate surface area is 89.7 Å². The van der Waals surface area contributed by atoms with Gasteiger partial charge in [0.25, 0.3) is 0 Å². The van der Waals surface area contributed by atoms with Crippen LogP contribution in [0.15, 0.2) is 12.3 Å². The first kappa shape index (κ1) is 9.16. The standard InChI is InChI=1S/C12H16N2O/c1-8-2-12(13-4-11(8)7-15)14-5-9-3-10(9)6-14/h2,4,9-10,15H,3,5-7H2,1H3. The number of piperidine rings is 1. The van der Waals surface area contributed by atoms with Gasteiger partial charge in [-0.3, -0.25) is 0 Å². The molecule has 80 valence electrons. The van der Waals surface area contributed by atoms with Crippen LogP contribution in [0.5, 0.6) is 0 Å². The van der Waals surface area contributed by atoms with Crippen molar-refractivity contribution in [3.05, 3.63) is 23.4 Å². The van der Waals surface area contributed by atoms with Gasteiger partial charge in [-0.25, -0.2) is 4.98 Å². The number of aliphatic hydroxyl groups is 1. The molecule has 2 fully saturated rings. The normalized spacial score (nSPS) is 28.0. The lowest BCUT2D eigenvalue weighted by Crippen LogP contribution is -2.23. The van der Waals surface area contributed by atoms with Crippen molar-refractivity contribution < 1.29 is 5.11 Å². The lowest BCUT2D eigenvalue weighted by molar-refractivity contribution is 0.280. The van der Waals surface area contributed by atoms with Gasteiger partial charge >= 0.3 is 0 Å². The number of fused-ring (bicyclic) bond motifs is 1. The first-order valence-corrected chi connectivity index (χ1v) is 5.59. The van der Waals surface area contributed by atoms with E-state index >= 15 is 0 Å². The van der Waals surface area contributed by atoms with Crippen LogP contribution in [0.1, 0.15) is 17.5 Å². The van der Waals surface area contributed by atoms with Gasteiger partial charge in [0.1, 0.15) is 5.82 Å². The number of aromatic nitrogens is 1. The zero-order valence-electron chi connectivity index (χ0n) is 8.98. The second-order valence-electron chi connectivity index (χ2n) is 4.79. The van der Waals surface area contributed by atoms with Crippen LogP contribution in [-0.2, 0) is 6.61 Å². The molecule has 2 heterocycles. The fourth-order valence-corrected chi connectivity index (χ4v) is 2.49. The maximum Gasteiger partial charge on any atom is 0.128 e. The molecule has 0 bridgehead atoms. The summed E-state index contributed by atoms with van der Waals surface area (Å²) in [5, 5.41) is 9.07. The highest BCUT2D eigenvalue weighted by Gasteiger charge is 2.45. The molecule has 2 aliphatic rings. The van der Waals surface area contributed by atoms with Crippen molar-refractivity contribution in [2.45, 2.75) is 20.0 Å². The van der Waals surface area contributed by atoms with Crippen LogP contribution in [-0.4, -0.2) is 23.2 Å². The van der Waals surface area contributed by atoms with E-state index in [1.807, 2.05) is 6.92 Å². The van der Waals surface area contributed by atoms with E-state index in [1.54, 1.807) is 6.20 Å². The summed E-state index contributed by atoms with van der Waals surface area (Å²) in [4.78, 5) is 6.78. The van der Waals surface area contributed by atoms with Crippen LogP contribution in [0, 0.1) is 18.8 Å². The highest BCUT2D eigenvalue weighted by Crippen LogP contribution is 2.45. The van der Waals surface area contributed by atoms with Crippen LogP contribution >= 0.6 is 0 Å². The summed E-state index contributed by atoms with van der Waals surface area (Å²) in [6.07, 6.45) is 3.22. The van der Waals surface area contributed by atoms with E-state index in [0.29, 0.717) is 0 Å². The molecule has 1 saturated carbocycles. The predicted octanol–water partition coefficient (Wildman–Crippen LogP) is 1.34. The minimum atomic E-state index is 0.0877. The summed E-state index contributed by atoms with van der Waals surface area (Å²) >= 11 is 0. The summed E-state index contributed by atoms with van der Waals surface area (Å²) in [6.45, 7) is 4.48. The van der Waals surface area contributed by atoms with Crippen LogP contribution in [0.2, 0.25) is 0 Å². The number of hydrogen-bond acceptors (Lipinski definition) is 3. The Bertz CT molecular complexity index is 381. The molecule has 0 aromatic carbocycles. The van der Waals surface area contributed by atoms with Crippen molar-refractivity contribution in [2.24, 2.45) is 11.8 Å². The number of aryl methyl sites for hydroxylation is 1. The van der Waals surface area contributed by atoms with Gasteiger partial charge in [0.15, 0.2) is 0 Å². The highest BCUT2D eigenvalue weighted by atomic mass is 16.3. The fourth-order valence-electron chi connectivity index (χ4n) is 2.49. The highest BCUT2D eigenvalue weighted by molar-refractivity contribution is 5.45. The number of anilines is 1. The molecular weight excluding hydrogens is 188 g/mol. The molecule has 1 aromatic rings. The minimum absolute atomic E-state index is 0.0877. The van der Waals surface area contributed by atoms with Gasteiger partial charge < -0.3 is 10.0 Å². The summed E-state index contributed by atoms with van der Waals surface area (Å²) in [5.74, 6) is 2.95. The van der Waals surface area contributed by atoms with E-state index in [-0.39, 0.29) is 6.61 Å². The molecule has 3 nitrogen and oxygen atoms in total. The predicted molar refractivity (Wildman–Crippen MR) is 58.7 cm³/mol. The average molecular weight is 204 g/mol. The zero-order valence-corrected chi connectivity index (χ0v) is 8.98. The third-order valence-corrected chi connectivity index (χ3v) is 3.68. The Hall–Kier alpha value is -1.09. The molecule has 1 aromatic heterocycles. The van der Waals surface area contributed by atoms with Crippen LogP contribution in [0.4, 0.5) is 5.82 Å². The Kier molecular flexibility index (Phi) is 1.96. The maximum atomic E-state index is 9.07. The number of nitrogens with zero attached hydrogens (tertiary/aromatic N) is 2. The molecule has 15 heavy (non-hydrogen) atoms. The summed E-state index contributed by atoms with van der Waals surface area (Å²) in [6, 6.07) is 2.09. The van der Waals surface area contributed by atoms with Crippen molar-refractivity contribution >= 4 is 5.82 Å². The molecule has 1 saturated heterocycles. The molecule has 0 radical (unpaired) electrons. The first-order valence-electron chi connectivity index (χ1n) is 5.59. The molecule has 2 unspecified atom stereocenters. The van der Waals surface area contributed by atoms with E-state index in [4.69, 9.17) is 5.11 Å². The minimum Gasteiger partial charge on any atom is -0.392 e. The van der Waals surface area contributed by atoms with Gasteiger partial charge in [-0.15, -0.1) is 0 Å². The molecule has 1 aliphatic heterocycles. The zero-order chi connectivity index (χ0) is 10.4. The number of hydrogen-bond donors (Lipinski definition) is 1. The molecule has 0 spiro atoms. The molecule has 0 amide bonds. The van der Waals surface area contributed by atoms with Crippen LogP contribution < -0.4 is 4.90 Å². The van der Waals surface area contributed by atoms with Crippen LogP contribution in [0.3, 0.4) is 0 Å². The molecule has 2 atom stereocenters. The smallest absolute Gasteiger partial charge is 0.128 e. The van der Waals surface area contributed by atoms with E-state index in [9.17, 15) is 0 Å². The van der Waals surface area contributed by atoms with Gasteiger partial charge in [-0.05, 0) is 42.4 Å². The molecule has 1 aliphatic carbocycles. The van der Waals surface area contributed by atoms with Gasteiger partial charge in [0, 0.05) is 19.3 Å². The Balaban J connectivity index is 1.83. The van der Waals surface area contributed by atoms with E-state index < -0.39 is 0 Å². The van der Waals surface area contributed by atoms with E-state index in [2.05, 4.69) is 16.0 Å². The van der Waals surface area contributed by atoms with Crippen molar-refractivity contribution in [2.75, 3.05) is 18.0 Å². The topological polar surface area (TPSA) is 36.4 Å². The van der Waals surface area contributed by atoms with E-state index in [0.717, 1.165) is 28.8 Å².